The van der Waals surface area contributed by atoms with Crippen molar-refractivity contribution in [1.29, 1.82) is 0 Å². The van der Waals surface area contributed by atoms with Gasteiger partial charge in [-0.3, -0.25) is 9.69 Å². The second-order valence-corrected chi connectivity index (χ2v) is 4.87. The van der Waals surface area contributed by atoms with Crippen molar-refractivity contribution >= 4 is 5.91 Å². The maximum atomic E-state index is 11.3. The molecule has 0 bridgehead atoms. The molecule has 1 aliphatic rings. The van der Waals surface area contributed by atoms with Crippen molar-refractivity contribution in [2.75, 3.05) is 19.6 Å². The van der Waals surface area contributed by atoms with Gasteiger partial charge in [0.15, 0.2) is 0 Å². The van der Waals surface area contributed by atoms with Gasteiger partial charge in [0.25, 0.3) is 0 Å². The van der Waals surface area contributed by atoms with E-state index in [1.165, 1.54) is 11.1 Å². The molecular weight excluding hydrogens is 226 g/mol. The van der Waals surface area contributed by atoms with Crippen molar-refractivity contribution in [3.63, 3.8) is 0 Å². The van der Waals surface area contributed by atoms with Gasteiger partial charge >= 0.3 is 0 Å². The lowest BCUT2D eigenvalue weighted by Crippen LogP contribution is -2.43. The van der Waals surface area contributed by atoms with Crippen LogP contribution in [0, 0.1) is 0 Å². The van der Waals surface area contributed by atoms with Gasteiger partial charge in [-0.25, -0.2) is 0 Å². The van der Waals surface area contributed by atoms with E-state index in [0.29, 0.717) is 6.54 Å². The summed E-state index contributed by atoms with van der Waals surface area (Å²) in [7, 11) is 0. The number of rotatable bonds is 4. The highest BCUT2D eigenvalue weighted by atomic mass is 16.2. The van der Waals surface area contributed by atoms with Crippen LogP contribution in [-0.4, -0.2) is 36.5 Å². The number of amides is 1. The van der Waals surface area contributed by atoms with Gasteiger partial charge in [0.2, 0.25) is 5.91 Å². The summed E-state index contributed by atoms with van der Waals surface area (Å²) in [6.07, 6.45) is 1.09. The van der Waals surface area contributed by atoms with Crippen molar-refractivity contribution < 1.29 is 4.79 Å². The van der Waals surface area contributed by atoms with Crippen LogP contribution in [0.3, 0.4) is 0 Å². The monoisotopic (exact) mass is 247 g/mol. The average Bonchev–Trinajstić information content (AvgIpc) is 2.38. The number of benzene rings is 1. The molecule has 1 aromatic carbocycles. The van der Waals surface area contributed by atoms with Crippen LogP contribution in [0.15, 0.2) is 24.3 Å². The molecule has 3 N–H and O–H groups in total. The molecule has 0 radical (unpaired) electrons. The lowest BCUT2D eigenvalue weighted by atomic mass is 10.00. The van der Waals surface area contributed by atoms with Crippen molar-refractivity contribution in [3.05, 3.63) is 35.4 Å². The molecule has 0 aromatic heterocycles. The standard InChI is InChI=1S/C14H21N3O/c1-11(15)14(18)16-7-9-17-8-6-12-4-2-3-5-13(12)10-17/h2-5,11H,6-10,15H2,1H3,(H,16,18). The van der Waals surface area contributed by atoms with Gasteiger partial charge in [-0.05, 0) is 24.5 Å². The van der Waals surface area contributed by atoms with E-state index in [-0.39, 0.29) is 5.91 Å². The highest BCUT2D eigenvalue weighted by Crippen LogP contribution is 2.17. The number of fused-ring (bicyclic) bond motifs is 1. The Morgan fingerprint density at radius 2 is 2.17 bits per heavy atom. The average molecular weight is 247 g/mol. The molecule has 1 amide bonds. The van der Waals surface area contributed by atoms with Gasteiger partial charge < -0.3 is 11.1 Å². The first kappa shape index (κ1) is 13.1. The number of nitrogens with one attached hydrogen (secondary N) is 1. The van der Waals surface area contributed by atoms with Gasteiger partial charge in [-0.1, -0.05) is 24.3 Å². The predicted octanol–water partition coefficient (Wildman–Crippen LogP) is 0.508. The zero-order valence-electron chi connectivity index (χ0n) is 10.9. The number of carbonyl (C=O) groups is 1. The molecule has 0 spiro atoms. The summed E-state index contributed by atoms with van der Waals surface area (Å²) < 4.78 is 0. The molecule has 0 saturated heterocycles. The fraction of sp³-hybridized carbons (Fsp3) is 0.500. The van der Waals surface area contributed by atoms with Crippen LogP contribution in [0.1, 0.15) is 18.1 Å². The molecule has 1 aromatic rings. The van der Waals surface area contributed by atoms with Gasteiger partial charge in [-0.2, -0.15) is 0 Å². The molecular formula is C14H21N3O. The van der Waals surface area contributed by atoms with Crippen LogP contribution < -0.4 is 11.1 Å². The van der Waals surface area contributed by atoms with Crippen LogP contribution >= 0.6 is 0 Å². The van der Waals surface area contributed by atoms with Crippen molar-refractivity contribution in [3.8, 4) is 0 Å². The van der Waals surface area contributed by atoms with Gasteiger partial charge in [0.1, 0.15) is 0 Å². The number of hydrogen-bond acceptors (Lipinski definition) is 3. The lowest BCUT2D eigenvalue weighted by Gasteiger charge is -2.28. The van der Waals surface area contributed by atoms with E-state index >= 15 is 0 Å². The molecule has 98 valence electrons. The predicted molar refractivity (Wildman–Crippen MR) is 72.1 cm³/mol. The summed E-state index contributed by atoms with van der Waals surface area (Å²) in [4.78, 5) is 13.7. The molecule has 4 nitrogen and oxygen atoms in total. The molecule has 1 unspecified atom stereocenters. The number of nitrogens with zero attached hydrogens (tertiary/aromatic N) is 1. The van der Waals surface area contributed by atoms with Crippen LogP contribution in [0.4, 0.5) is 0 Å². The van der Waals surface area contributed by atoms with Crippen molar-refractivity contribution in [2.24, 2.45) is 5.73 Å². The summed E-state index contributed by atoms with van der Waals surface area (Å²) >= 11 is 0. The third kappa shape index (κ3) is 3.31. The maximum absolute atomic E-state index is 11.3. The molecule has 0 saturated carbocycles. The quantitative estimate of drug-likeness (QED) is 0.815. The lowest BCUT2D eigenvalue weighted by molar-refractivity contribution is -0.122. The molecule has 0 fully saturated rings. The smallest absolute Gasteiger partial charge is 0.236 e. The minimum Gasteiger partial charge on any atom is -0.353 e. The zero-order valence-corrected chi connectivity index (χ0v) is 10.9. The fourth-order valence-corrected chi connectivity index (χ4v) is 2.24. The Balaban J connectivity index is 1.78. The molecule has 0 aliphatic carbocycles. The van der Waals surface area contributed by atoms with E-state index < -0.39 is 6.04 Å². The fourth-order valence-electron chi connectivity index (χ4n) is 2.24. The van der Waals surface area contributed by atoms with Gasteiger partial charge in [0, 0.05) is 26.2 Å². The topological polar surface area (TPSA) is 58.4 Å². The largest absolute Gasteiger partial charge is 0.353 e. The highest BCUT2D eigenvalue weighted by Gasteiger charge is 2.15. The first-order valence-corrected chi connectivity index (χ1v) is 6.49. The third-order valence-corrected chi connectivity index (χ3v) is 3.35. The molecule has 2 rings (SSSR count). The highest BCUT2D eigenvalue weighted by molar-refractivity contribution is 5.80. The minimum atomic E-state index is -0.424. The first-order chi connectivity index (χ1) is 8.66. The SMILES string of the molecule is CC(N)C(=O)NCCN1CCc2ccccc2C1. The Morgan fingerprint density at radius 1 is 1.44 bits per heavy atom. The minimum absolute atomic E-state index is 0.0765. The Bertz CT molecular complexity index is 417. The van der Waals surface area contributed by atoms with Gasteiger partial charge in [-0.15, -0.1) is 0 Å². The summed E-state index contributed by atoms with van der Waals surface area (Å²) in [5, 5.41) is 2.85. The zero-order chi connectivity index (χ0) is 13.0. The number of hydrogen-bond donors (Lipinski definition) is 2. The summed E-state index contributed by atoms with van der Waals surface area (Å²) in [5.41, 5.74) is 8.35. The number of nitrogens with two attached hydrogens (primary N) is 1. The van der Waals surface area contributed by atoms with Crippen LogP contribution in [0.25, 0.3) is 0 Å². The van der Waals surface area contributed by atoms with Crippen molar-refractivity contribution in [1.82, 2.24) is 10.2 Å². The molecule has 1 aliphatic heterocycles. The summed E-state index contributed by atoms with van der Waals surface area (Å²) in [6, 6.07) is 8.14. The van der Waals surface area contributed by atoms with E-state index in [4.69, 9.17) is 5.73 Å². The Morgan fingerprint density at radius 3 is 2.89 bits per heavy atom. The van der Waals surface area contributed by atoms with E-state index in [2.05, 4.69) is 34.5 Å². The maximum Gasteiger partial charge on any atom is 0.236 e. The molecule has 1 heterocycles. The van der Waals surface area contributed by atoms with Crippen molar-refractivity contribution in [2.45, 2.75) is 25.9 Å². The molecule has 1 atom stereocenters. The summed E-state index contributed by atoms with van der Waals surface area (Å²) in [5.74, 6) is -0.0765. The van der Waals surface area contributed by atoms with E-state index in [9.17, 15) is 4.79 Å². The molecule has 4 heteroatoms. The Kier molecular flexibility index (Phi) is 4.33. The van der Waals surface area contributed by atoms with Crippen LogP contribution in [-0.2, 0) is 17.8 Å². The van der Waals surface area contributed by atoms with E-state index in [1.807, 2.05) is 0 Å². The second-order valence-electron chi connectivity index (χ2n) is 4.87. The first-order valence-electron chi connectivity index (χ1n) is 6.49. The second kappa shape index (κ2) is 5.98. The van der Waals surface area contributed by atoms with Crippen LogP contribution in [0.2, 0.25) is 0 Å². The molecule has 18 heavy (non-hydrogen) atoms. The van der Waals surface area contributed by atoms with E-state index in [1.54, 1.807) is 6.92 Å². The Labute approximate surface area is 108 Å². The number of carbonyl (C=O) groups excluding carboxylic acids is 1. The Hall–Kier alpha value is -1.39. The normalized spacial score (nSPS) is 17.0. The van der Waals surface area contributed by atoms with Gasteiger partial charge in [0.05, 0.1) is 6.04 Å². The summed E-state index contributed by atoms with van der Waals surface area (Å²) in [6.45, 7) is 5.29. The van der Waals surface area contributed by atoms with E-state index in [0.717, 1.165) is 26.1 Å². The van der Waals surface area contributed by atoms with Crippen LogP contribution in [0.5, 0.6) is 0 Å². The third-order valence-electron chi connectivity index (χ3n) is 3.35.